The molecule has 0 aromatic heterocycles. The molecular weight excluding hydrogens is 322 g/mol. The van der Waals surface area contributed by atoms with E-state index in [1.54, 1.807) is 0 Å². The van der Waals surface area contributed by atoms with Crippen LogP contribution in [0.4, 0.5) is 0 Å². The molecule has 0 saturated carbocycles. The normalized spacial score (nSPS) is 17.5. The lowest BCUT2D eigenvalue weighted by Gasteiger charge is -2.22. The lowest BCUT2D eigenvalue weighted by molar-refractivity contribution is -0.128. The molecule has 2 rings (SSSR count). The highest BCUT2D eigenvalue weighted by Gasteiger charge is 2.21. The van der Waals surface area contributed by atoms with Gasteiger partial charge in [0.05, 0.1) is 6.54 Å². The van der Waals surface area contributed by atoms with Gasteiger partial charge in [-0.05, 0) is 38.0 Å². The van der Waals surface area contributed by atoms with Crippen LogP contribution in [-0.2, 0) is 9.53 Å². The molecule has 0 bridgehead atoms. The van der Waals surface area contributed by atoms with Crippen LogP contribution in [0.25, 0.3) is 0 Å². The lowest BCUT2D eigenvalue weighted by atomic mass is 9.99. The highest BCUT2D eigenvalue weighted by Crippen LogP contribution is 2.19. The first kappa shape index (κ1) is 15.3. The average Bonchev–Trinajstić information content (AvgIpc) is 2.46. The summed E-state index contributed by atoms with van der Waals surface area (Å²) in [4.78, 5) is 12.0. The number of carbonyl (C=O) groups is 1. The van der Waals surface area contributed by atoms with E-state index in [0.29, 0.717) is 19.8 Å². The Balaban J connectivity index is 1.74. The van der Waals surface area contributed by atoms with Crippen molar-refractivity contribution in [1.29, 1.82) is 0 Å². The minimum absolute atomic E-state index is 0.0620. The molecule has 1 aromatic rings. The van der Waals surface area contributed by atoms with Gasteiger partial charge in [-0.15, -0.1) is 0 Å². The first-order chi connectivity index (χ1) is 9.65. The quantitative estimate of drug-likeness (QED) is 0.895. The van der Waals surface area contributed by atoms with Gasteiger partial charge in [0.25, 0.3) is 0 Å². The molecule has 0 radical (unpaired) electrons. The molecular formula is C15H20BrNO3. The third kappa shape index (κ3) is 4.80. The van der Waals surface area contributed by atoms with Crippen LogP contribution in [0.3, 0.4) is 0 Å². The van der Waals surface area contributed by atoms with Gasteiger partial charge >= 0.3 is 0 Å². The SMILES string of the molecule is C[C@H](CNC(=O)C1CCOCC1)Oc1cccc(Br)c1. The largest absolute Gasteiger partial charge is 0.489 e. The monoisotopic (exact) mass is 341 g/mol. The van der Waals surface area contributed by atoms with Crippen molar-refractivity contribution in [3.8, 4) is 5.75 Å². The van der Waals surface area contributed by atoms with E-state index < -0.39 is 0 Å². The van der Waals surface area contributed by atoms with Crippen molar-refractivity contribution < 1.29 is 14.3 Å². The van der Waals surface area contributed by atoms with Gasteiger partial charge in [-0.25, -0.2) is 0 Å². The molecule has 0 spiro atoms. The standard InChI is InChI=1S/C15H20BrNO3/c1-11(20-14-4-2-3-13(16)9-14)10-17-15(18)12-5-7-19-8-6-12/h2-4,9,11-12H,5-8,10H2,1H3,(H,17,18)/t11-/m1/s1. The summed E-state index contributed by atoms with van der Waals surface area (Å²) in [6.07, 6.45) is 1.56. The second kappa shape index (κ2) is 7.64. The van der Waals surface area contributed by atoms with E-state index in [1.165, 1.54) is 0 Å². The second-order valence-corrected chi connectivity index (χ2v) is 5.93. The topological polar surface area (TPSA) is 47.6 Å². The van der Waals surface area contributed by atoms with Gasteiger partial charge in [-0.2, -0.15) is 0 Å². The number of rotatable bonds is 5. The summed E-state index contributed by atoms with van der Waals surface area (Å²) in [5.41, 5.74) is 0. The number of hydrogen-bond donors (Lipinski definition) is 1. The maximum Gasteiger partial charge on any atom is 0.223 e. The molecule has 1 fully saturated rings. The Hall–Kier alpha value is -1.07. The maximum absolute atomic E-state index is 12.0. The summed E-state index contributed by atoms with van der Waals surface area (Å²) in [7, 11) is 0. The van der Waals surface area contributed by atoms with Gasteiger partial charge in [-0.1, -0.05) is 22.0 Å². The summed E-state index contributed by atoms with van der Waals surface area (Å²) in [6.45, 7) is 3.83. The molecule has 0 aliphatic carbocycles. The number of benzene rings is 1. The van der Waals surface area contributed by atoms with Crippen molar-refractivity contribution in [3.05, 3.63) is 28.7 Å². The number of nitrogens with one attached hydrogen (secondary N) is 1. The van der Waals surface area contributed by atoms with E-state index in [4.69, 9.17) is 9.47 Å². The number of carbonyl (C=O) groups excluding carboxylic acids is 1. The van der Waals surface area contributed by atoms with Gasteiger partial charge in [0, 0.05) is 23.6 Å². The van der Waals surface area contributed by atoms with E-state index in [1.807, 2.05) is 31.2 Å². The van der Waals surface area contributed by atoms with Crippen LogP contribution in [0.5, 0.6) is 5.75 Å². The molecule has 1 aromatic carbocycles. The Morgan fingerprint density at radius 2 is 2.25 bits per heavy atom. The van der Waals surface area contributed by atoms with Crippen LogP contribution in [0, 0.1) is 5.92 Å². The Bertz CT molecular complexity index is 446. The fourth-order valence-corrected chi connectivity index (χ4v) is 2.54. The summed E-state index contributed by atoms with van der Waals surface area (Å²) in [6, 6.07) is 7.69. The Labute approximate surface area is 128 Å². The van der Waals surface area contributed by atoms with Gasteiger partial charge in [-0.3, -0.25) is 4.79 Å². The van der Waals surface area contributed by atoms with Gasteiger partial charge in [0.1, 0.15) is 11.9 Å². The van der Waals surface area contributed by atoms with Crippen molar-refractivity contribution in [3.63, 3.8) is 0 Å². The van der Waals surface area contributed by atoms with E-state index in [2.05, 4.69) is 21.2 Å². The molecule has 1 aliphatic heterocycles. The molecule has 110 valence electrons. The summed E-state index contributed by atoms with van der Waals surface area (Å²) in [5, 5.41) is 2.96. The Morgan fingerprint density at radius 3 is 2.95 bits per heavy atom. The first-order valence-corrected chi connectivity index (χ1v) is 7.72. The smallest absolute Gasteiger partial charge is 0.223 e. The van der Waals surface area contributed by atoms with Crippen molar-refractivity contribution >= 4 is 21.8 Å². The molecule has 0 unspecified atom stereocenters. The molecule has 4 nitrogen and oxygen atoms in total. The highest BCUT2D eigenvalue weighted by atomic mass is 79.9. The Morgan fingerprint density at radius 1 is 1.50 bits per heavy atom. The number of hydrogen-bond acceptors (Lipinski definition) is 3. The minimum Gasteiger partial charge on any atom is -0.489 e. The first-order valence-electron chi connectivity index (χ1n) is 6.93. The summed E-state index contributed by atoms with van der Waals surface area (Å²) in [5.74, 6) is 0.993. The van der Waals surface area contributed by atoms with Crippen molar-refractivity contribution in [2.45, 2.75) is 25.9 Å². The predicted octanol–water partition coefficient (Wildman–Crippen LogP) is 2.76. The van der Waals surface area contributed by atoms with E-state index >= 15 is 0 Å². The van der Waals surface area contributed by atoms with Crippen LogP contribution in [-0.4, -0.2) is 31.8 Å². The van der Waals surface area contributed by atoms with Gasteiger partial charge < -0.3 is 14.8 Å². The van der Waals surface area contributed by atoms with Crippen molar-refractivity contribution in [1.82, 2.24) is 5.32 Å². The van der Waals surface area contributed by atoms with E-state index in [-0.39, 0.29) is 17.9 Å². The molecule has 1 atom stereocenters. The minimum atomic E-state index is -0.0620. The molecule has 1 heterocycles. The summed E-state index contributed by atoms with van der Waals surface area (Å²) < 4.78 is 12.0. The zero-order valence-electron chi connectivity index (χ0n) is 11.6. The van der Waals surface area contributed by atoms with Crippen molar-refractivity contribution in [2.24, 2.45) is 5.92 Å². The zero-order valence-corrected chi connectivity index (χ0v) is 13.2. The molecule has 5 heteroatoms. The van der Waals surface area contributed by atoms with E-state index in [9.17, 15) is 4.79 Å². The van der Waals surface area contributed by atoms with E-state index in [0.717, 1.165) is 23.1 Å². The highest BCUT2D eigenvalue weighted by molar-refractivity contribution is 9.10. The van der Waals surface area contributed by atoms with Crippen LogP contribution in [0.1, 0.15) is 19.8 Å². The maximum atomic E-state index is 12.0. The van der Waals surface area contributed by atoms with Gasteiger partial charge in [0.2, 0.25) is 5.91 Å². The summed E-state index contributed by atoms with van der Waals surface area (Å²) >= 11 is 3.40. The number of amides is 1. The second-order valence-electron chi connectivity index (χ2n) is 5.02. The zero-order chi connectivity index (χ0) is 14.4. The number of halogens is 1. The van der Waals surface area contributed by atoms with Gasteiger partial charge in [0.15, 0.2) is 0 Å². The van der Waals surface area contributed by atoms with Crippen LogP contribution in [0.15, 0.2) is 28.7 Å². The molecule has 1 N–H and O–H groups in total. The third-order valence-electron chi connectivity index (χ3n) is 3.29. The van der Waals surface area contributed by atoms with Crippen LogP contribution < -0.4 is 10.1 Å². The van der Waals surface area contributed by atoms with Crippen LogP contribution in [0.2, 0.25) is 0 Å². The fourth-order valence-electron chi connectivity index (χ4n) is 2.16. The predicted molar refractivity (Wildman–Crippen MR) is 80.8 cm³/mol. The third-order valence-corrected chi connectivity index (χ3v) is 3.78. The molecule has 1 saturated heterocycles. The van der Waals surface area contributed by atoms with Crippen LogP contribution >= 0.6 is 15.9 Å². The molecule has 20 heavy (non-hydrogen) atoms. The fraction of sp³-hybridized carbons (Fsp3) is 0.533. The molecule has 1 amide bonds. The van der Waals surface area contributed by atoms with Crippen molar-refractivity contribution in [2.75, 3.05) is 19.8 Å². The number of ether oxygens (including phenoxy) is 2. The lowest BCUT2D eigenvalue weighted by Crippen LogP contribution is -2.39. The average molecular weight is 342 g/mol. The Kier molecular flexibility index (Phi) is 5.86. The molecule has 1 aliphatic rings.